The Morgan fingerprint density at radius 3 is 2.61 bits per heavy atom. The Morgan fingerprint density at radius 1 is 1.18 bits per heavy atom. The lowest BCUT2D eigenvalue weighted by atomic mass is 10.2. The number of ether oxygens (including phenoxy) is 1. The number of benzene rings is 2. The zero-order chi connectivity index (χ0) is 23.5. The van der Waals surface area contributed by atoms with Crippen LogP contribution in [0, 0.1) is 6.92 Å². The average Bonchev–Trinajstić information content (AvgIpc) is 3.14. The molecule has 2 aromatic heterocycles. The third kappa shape index (κ3) is 4.47. The van der Waals surface area contributed by atoms with Crippen LogP contribution in [0.3, 0.4) is 0 Å². The van der Waals surface area contributed by atoms with Crippen molar-refractivity contribution in [1.82, 2.24) is 19.3 Å². The number of methoxy groups -OCH3 is 1. The van der Waals surface area contributed by atoms with Crippen LogP contribution in [-0.4, -0.2) is 32.3 Å². The second-order valence-corrected chi connectivity index (χ2v) is 7.92. The van der Waals surface area contributed by atoms with Crippen LogP contribution in [0.15, 0.2) is 53.3 Å². The molecule has 0 radical (unpaired) electrons. The van der Waals surface area contributed by atoms with E-state index in [0.29, 0.717) is 39.9 Å². The van der Waals surface area contributed by atoms with Crippen molar-refractivity contribution in [2.75, 3.05) is 12.4 Å². The molecule has 2 heterocycles. The molecule has 0 unspecified atom stereocenters. The Bertz CT molecular complexity index is 1380. The highest BCUT2D eigenvalue weighted by Crippen LogP contribution is 2.27. The van der Waals surface area contributed by atoms with Gasteiger partial charge in [-0.3, -0.25) is 14.2 Å². The van der Waals surface area contributed by atoms with Crippen LogP contribution < -0.4 is 15.6 Å². The van der Waals surface area contributed by atoms with Gasteiger partial charge < -0.3 is 10.1 Å². The van der Waals surface area contributed by atoms with E-state index in [1.165, 1.54) is 7.11 Å². The van der Waals surface area contributed by atoms with Gasteiger partial charge >= 0.3 is 0 Å². The molecule has 170 valence electrons. The molecule has 0 fully saturated rings. The zero-order valence-corrected chi connectivity index (χ0v) is 19.4. The van der Waals surface area contributed by atoms with Crippen molar-refractivity contribution in [3.05, 3.63) is 75.3 Å². The third-order valence-electron chi connectivity index (χ3n) is 5.34. The predicted molar refractivity (Wildman–Crippen MR) is 128 cm³/mol. The van der Waals surface area contributed by atoms with Crippen LogP contribution in [0.2, 0.25) is 5.02 Å². The number of rotatable bonds is 7. The van der Waals surface area contributed by atoms with Crippen LogP contribution in [0.5, 0.6) is 5.75 Å². The van der Waals surface area contributed by atoms with E-state index in [-0.39, 0.29) is 24.3 Å². The van der Waals surface area contributed by atoms with Gasteiger partial charge in [-0.05, 0) is 44.2 Å². The summed E-state index contributed by atoms with van der Waals surface area (Å²) in [6.45, 7) is 4.23. The normalized spacial score (nSPS) is 11.0. The van der Waals surface area contributed by atoms with Gasteiger partial charge in [0.1, 0.15) is 17.0 Å². The topological polar surface area (TPSA) is 91.0 Å². The molecule has 8 nitrogen and oxygen atoms in total. The summed E-state index contributed by atoms with van der Waals surface area (Å²) in [4.78, 5) is 30.3. The monoisotopic (exact) mass is 465 g/mol. The molecule has 0 saturated carbocycles. The van der Waals surface area contributed by atoms with E-state index in [9.17, 15) is 9.59 Å². The molecule has 4 rings (SSSR count). The van der Waals surface area contributed by atoms with Gasteiger partial charge in [0.15, 0.2) is 5.65 Å². The number of hydrogen-bond donors (Lipinski definition) is 1. The summed E-state index contributed by atoms with van der Waals surface area (Å²) in [5, 5.41) is 7.81. The van der Waals surface area contributed by atoms with Gasteiger partial charge in [0.2, 0.25) is 5.91 Å². The summed E-state index contributed by atoms with van der Waals surface area (Å²) >= 11 is 6.12. The van der Waals surface area contributed by atoms with Gasteiger partial charge in [0.05, 0.1) is 23.5 Å². The molecule has 1 amide bonds. The quantitative estimate of drug-likeness (QED) is 0.443. The molecule has 0 atom stereocenters. The van der Waals surface area contributed by atoms with E-state index in [2.05, 4.69) is 15.4 Å². The standard InChI is InChI=1S/C24H24ClN5O3/c1-4-29-23-22(15(2)28-30(23)17-8-6-5-7-9-17)27-19(24(29)32)11-13-21(31)26-16-10-12-20(33-3)18(25)14-16/h5-10,12,14H,4,11,13H2,1-3H3,(H,26,31). The maximum Gasteiger partial charge on any atom is 0.273 e. The number of aryl methyl sites for hydroxylation is 3. The lowest BCUT2D eigenvalue weighted by Crippen LogP contribution is -2.27. The smallest absolute Gasteiger partial charge is 0.273 e. The third-order valence-corrected chi connectivity index (χ3v) is 5.64. The predicted octanol–water partition coefficient (Wildman–Crippen LogP) is 4.14. The van der Waals surface area contributed by atoms with Gasteiger partial charge in [-0.25, -0.2) is 9.67 Å². The van der Waals surface area contributed by atoms with Crippen molar-refractivity contribution in [2.45, 2.75) is 33.2 Å². The lowest BCUT2D eigenvalue weighted by Gasteiger charge is -2.11. The van der Waals surface area contributed by atoms with Crippen LogP contribution in [0.25, 0.3) is 16.9 Å². The molecular weight excluding hydrogens is 442 g/mol. The first-order valence-electron chi connectivity index (χ1n) is 10.6. The fourth-order valence-electron chi connectivity index (χ4n) is 3.72. The van der Waals surface area contributed by atoms with Crippen molar-refractivity contribution < 1.29 is 9.53 Å². The Kier molecular flexibility index (Phi) is 6.46. The van der Waals surface area contributed by atoms with Crippen molar-refractivity contribution in [3.8, 4) is 11.4 Å². The summed E-state index contributed by atoms with van der Waals surface area (Å²) < 4.78 is 8.52. The minimum atomic E-state index is -0.239. The minimum Gasteiger partial charge on any atom is -0.495 e. The highest BCUT2D eigenvalue weighted by Gasteiger charge is 2.19. The van der Waals surface area contributed by atoms with Gasteiger partial charge in [-0.1, -0.05) is 29.8 Å². The minimum absolute atomic E-state index is 0.104. The van der Waals surface area contributed by atoms with Gasteiger partial charge in [0.25, 0.3) is 5.56 Å². The van der Waals surface area contributed by atoms with E-state index >= 15 is 0 Å². The van der Waals surface area contributed by atoms with Crippen molar-refractivity contribution in [1.29, 1.82) is 0 Å². The molecule has 9 heteroatoms. The largest absolute Gasteiger partial charge is 0.495 e. The van der Waals surface area contributed by atoms with Crippen molar-refractivity contribution in [2.24, 2.45) is 0 Å². The van der Waals surface area contributed by atoms with Gasteiger partial charge in [-0.2, -0.15) is 5.10 Å². The summed E-state index contributed by atoms with van der Waals surface area (Å²) in [6, 6.07) is 14.6. The second kappa shape index (κ2) is 9.46. The average molecular weight is 466 g/mol. The van der Waals surface area contributed by atoms with E-state index in [0.717, 1.165) is 11.4 Å². The maximum atomic E-state index is 13.2. The van der Waals surface area contributed by atoms with Crippen LogP contribution in [0.1, 0.15) is 24.7 Å². The van der Waals surface area contributed by atoms with Gasteiger partial charge in [0, 0.05) is 25.1 Å². The number of anilines is 1. The van der Waals surface area contributed by atoms with Crippen molar-refractivity contribution >= 4 is 34.4 Å². The Labute approximate surface area is 195 Å². The highest BCUT2D eigenvalue weighted by atomic mass is 35.5. The molecule has 0 aliphatic heterocycles. The summed E-state index contributed by atoms with van der Waals surface area (Å²) in [6.07, 6.45) is 0.313. The zero-order valence-electron chi connectivity index (χ0n) is 18.6. The summed E-state index contributed by atoms with van der Waals surface area (Å²) in [5.41, 5.74) is 3.54. The molecule has 4 aromatic rings. The molecular formula is C24H24ClN5O3. The number of para-hydroxylation sites is 1. The number of halogens is 1. The molecule has 0 aliphatic carbocycles. The highest BCUT2D eigenvalue weighted by molar-refractivity contribution is 6.32. The van der Waals surface area contributed by atoms with E-state index in [4.69, 9.17) is 16.3 Å². The van der Waals surface area contributed by atoms with E-state index < -0.39 is 0 Å². The first-order chi connectivity index (χ1) is 15.9. The van der Waals surface area contributed by atoms with Crippen LogP contribution in [0.4, 0.5) is 5.69 Å². The van der Waals surface area contributed by atoms with Crippen molar-refractivity contribution in [3.63, 3.8) is 0 Å². The summed E-state index contributed by atoms with van der Waals surface area (Å²) in [5.74, 6) is 0.288. The summed E-state index contributed by atoms with van der Waals surface area (Å²) in [7, 11) is 1.53. The number of nitrogens with zero attached hydrogens (tertiary/aromatic N) is 4. The Morgan fingerprint density at radius 2 is 1.94 bits per heavy atom. The Hall–Kier alpha value is -3.65. The number of carbonyl (C=O) groups is 1. The molecule has 0 spiro atoms. The lowest BCUT2D eigenvalue weighted by molar-refractivity contribution is -0.116. The van der Waals surface area contributed by atoms with E-state index in [1.807, 2.05) is 44.2 Å². The van der Waals surface area contributed by atoms with Crippen LogP contribution in [-0.2, 0) is 17.8 Å². The molecule has 1 N–H and O–H groups in total. The number of aromatic nitrogens is 4. The number of amides is 1. The number of fused-ring (bicyclic) bond motifs is 1. The molecule has 0 saturated heterocycles. The Balaban J connectivity index is 1.60. The molecule has 2 aromatic carbocycles. The molecule has 33 heavy (non-hydrogen) atoms. The van der Waals surface area contributed by atoms with Gasteiger partial charge in [-0.15, -0.1) is 0 Å². The fraction of sp³-hybridized carbons (Fsp3) is 0.250. The first-order valence-corrected chi connectivity index (χ1v) is 11.0. The molecule has 0 bridgehead atoms. The number of carbonyl (C=O) groups excluding carboxylic acids is 1. The fourth-order valence-corrected chi connectivity index (χ4v) is 3.98. The molecule has 0 aliphatic rings. The van der Waals surface area contributed by atoms with E-state index in [1.54, 1.807) is 27.4 Å². The SMILES string of the molecule is CCn1c(=O)c(CCC(=O)Nc2ccc(OC)c(Cl)c2)nc2c(C)nn(-c3ccccc3)c21. The first kappa shape index (κ1) is 22.5. The number of hydrogen-bond acceptors (Lipinski definition) is 5. The number of nitrogens with one attached hydrogen (secondary N) is 1. The second-order valence-electron chi connectivity index (χ2n) is 7.51. The maximum absolute atomic E-state index is 13.2. The van der Waals surface area contributed by atoms with Crippen LogP contribution >= 0.6 is 11.6 Å².